The van der Waals surface area contributed by atoms with E-state index in [4.69, 9.17) is 0 Å². The lowest BCUT2D eigenvalue weighted by Gasteiger charge is -2.12. The molecule has 0 spiro atoms. The number of carbonyl (C=O) groups is 1. The van der Waals surface area contributed by atoms with Crippen LogP contribution in [0.25, 0.3) is 0 Å². The third-order valence-corrected chi connectivity index (χ3v) is 2.44. The first-order valence-corrected chi connectivity index (χ1v) is 3.93. The molecule has 1 aliphatic carbocycles. The molecular weight excluding hydrogens is 138 g/mol. The predicted molar refractivity (Wildman–Crippen MR) is 43.0 cm³/mol. The summed E-state index contributed by atoms with van der Waals surface area (Å²) in [5.74, 6) is 0.351. The molecule has 1 aliphatic heterocycles. The molecule has 0 saturated carbocycles. The SMILES string of the molecule is CC1=C2CNC(=O)C2CC=C1. The van der Waals surface area contributed by atoms with Crippen molar-refractivity contribution in [2.24, 2.45) is 5.92 Å². The fourth-order valence-corrected chi connectivity index (χ4v) is 1.74. The highest BCUT2D eigenvalue weighted by atomic mass is 16.2. The average Bonchev–Trinajstić information content (AvgIpc) is 2.35. The van der Waals surface area contributed by atoms with Gasteiger partial charge in [-0.25, -0.2) is 0 Å². The molecule has 1 amide bonds. The fourth-order valence-electron chi connectivity index (χ4n) is 1.74. The van der Waals surface area contributed by atoms with Crippen molar-refractivity contribution in [2.45, 2.75) is 13.3 Å². The minimum absolute atomic E-state index is 0.153. The van der Waals surface area contributed by atoms with Gasteiger partial charge in [-0.05, 0) is 24.5 Å². The zero-order valence-corrected chi connectivity index (χ0v) is 6.55. The lowest BCUT2D eigenvalue weighted by molar-refractivity contribution is -0.121. The lowest BCUT2D eigenvalue weighted by Crippen LogP contribution is -2.18. The summed E-state index contributed by atoms with van der Waals surface area (Å²) >= 11 is 0. The van der Waals surface area contributed by atoms with Crippen LogP contribution in [0.3, 0.4) is 0 Å². The number of rotatable bonds is 0. The van der Waals surface area contributed by atoms with Crippen LogP contribution in [0.2, 0.25) is 0 Å². The Balaban J connectivity index is 2.39. The largest absolute Gasteiger partial charge is 0.352 e. The summed E-state index contributed by atoms with van der Waals surface area (Å²) in [4.78, 5) is 11.2. The van der Waals surface area contributed by atoms with Crippen LogP contribution >= 0.6 is 0 Å². The Bertz CT molecular complexity index is 263. The van der Waals surface area contributed by atoms with E-state index in [1.54, 1.807) is 0 Å². The molecule has 0 aromatic carbocycles. The number of hydrogen-bond acceptors (Lipinski definition) is 1. The molecule has 2 nitrogen and oxygen atoms in total. The van der Waals surface area contributed by atoms with Crippen molar-refractivity contribution in [3.63, 3.8) is 0 Å². The van der Waals surface area contributed by atoms with E-state index in [1.807, 2.05) is 0 Å². The molecule has 1 atom stereocenters. The zero-order chi connectivity index (χ0) is 7.84. The molecule has 0 bridgehead atoms. The van der Waals surface area contributed by atoms with Crippen molar-refractivity contribution in [1.29, 1.82) is 0 Å². The van der Waals surface area contributed by atoms with Gasteiger partial charge in [0.25, 0.3) is 0 Å². The van der Waals surface area contributed by atoms with Crippen LogP contribution in [0.4, 0.5) is 0 Å². The minimum atomic E-state index is 0.153. The number of carbonyl (C=O) groups excluding carboxylic acids is 1. The summed E-state index contributed by atoms with van der Waals surface area (Å²) in [7, 11) is 0. The molecular formula is C9H11NO. The summed E-state index contributed by atoms with van der Waals surface area (Å²) in [6.07, 6.45) is 5.07. The first-order chi connectivity index (χ1) is 5.29. The topological polar surface area (TPSA) is 29.1 Å². The maximum absolute atomic E-state index is 11.2. The molecule has 2 aliphatic rings. The molecule has 1 N–H and O–H groups in total. The predicted octanol–water partition coefficient (Wildman–Crippen LogP) is 1.01. The second-order valence-corrected chi connectivity index (χ2v) is 3.12. The van der Waals surface area contributed by atoms with E-state index in [9.17, 15) is 4.79 Å². The highest BCUT2D eigenvalue weighted by Gasteiger charge is 2.30. The van der Waals surface area contributed by atoms with Gasteiger partial charge in [-0.15, -0.1) is 0 Å². The Morgan fingerprint density at radius 2 is 2.45 bits per heavy atom. The molecule has 1 heterocycles. The highest BCUT2D eigenvalue weighted by molar-refractivity contribution is 5.86. The molecule has 1 saturated heterocycles. The van der Waals surface area contributed by atoms with Crippen molar-refractivity contribution in [3.8, 4) is 0 Å². The lowest BCUT2D eigenvalue weighted by atomic mass is 9.90. The molecule has 2 heteroatoms. The molecule has 2 rings (SSSR count). The van der Waals surface area contributed by atoms with E-state index in [1.165, 1.54) is 11.1 Å². The molecule has 0 aromatic heterocycles. The molecule has 1 unspecified atom stereocenters. The van der Waals surface area contributed by atoms with Crippen LogP contribution < -0.4 is 5.32 Å². The van der Waals surface area contributed by atoms with Gasteiger partial charge in [0, 0.05) is 6.54 Å². The Morgan fingerprint density at radius 1 is 1.64 bits per heavy atom. The highest BCUT2D eigenvalue weighted by Crippen LogP contribution is 2.28. The summed E-state index contributed by atoms with van der Waals surface area (Å²) in [6.45, 7) is 2.83. The first kappa shape index (κ1) is 6.65. The summed E-state index contributed by atoms with van der Waals surface area (Å²) < 4.78 is 0. The normalized spacial score (nSPS) is 28.8. The molecule has 58 valence electrons. The van der Waals surface area contributed by atoms with E-state index in [0.717, 1.165) is 13.0 Å². The molecule has 1 fully saturated rings. The third kappa shape index (κ3) is 0.897. The monoisotopic (exact) mass is 149 g/mol. The number of fused-ring (bicyclic) bond motifs is 1. The van der Waals surface area contributed by atoms with Crippen LogP contribution in [0.15, 0.2) is 23.3 Å². The average molecular weight is 149 g/mol. The third-order valence-electron chi connectivity index (χ3n) is 2.44. The van der Waals surface area contributed by atoms with Crippen LogP contribution in [0.5, 0.6) is 0 Å². The van der Waals surface area contributed by atoms with E-state index < -0.39 is 0 Å². The summed E-state index contributed by atoms with van der Waals surface area (Å²) in [6, 6.07) is 0. The maximum Gasteiger partial charge on any atom is 0.227 e. The second kappa shape index (κ2) is 2.22. The van der Waals surface area contributed by atoms with Gasteiger partial charge in [0.05, 0.1) is 5.92 Å². The number of nitrogens with one attached hydrogen (secondary N) is 1. The van der Waals surface area contributed by atoms with Crippen LogP contribution in [-0.4, -0.2) is 12.5 Å². The summed E-state index contributed by atoms with van der Waals surface area (Å²) in [5.41, 5.74) is 2.55. The number of hydrogen-bond donors (Lipinski definition) is 1. The van der Waals surface area contributed by atoms with Crippen LogP contribution in [0.1, 0.15) is 13.3 Å². The zero-order valence-electron chi connectivity index (χ0n) is 6.55. The van der Waals surface area contributed by atoms with E-state index >= 15 is 0 Å². The Labute approximate surface area is 66.0 Å². The minimum Gasteiger partial charge on any atom is -0.352 e. The van der Waals surface area contributed by atoms with Crippen molar-refractivity contribution >= 4 is 5.91 Å². The van der Waals surface area contributed by atoms with Gasteiger partial charge in [0.15, 0.2) is 0 Å². The van der Waals surface area contributed by atoms with Gasteiger partial charge in [-0.1, -0.05) is 12.2 Å². The molecule has 11 heavy (non-hydrogen) atoms. The fraction of sp³-hybridized carbons (Fsp3) is 0.444. The number of allylic oxidation sites excluding steroid dienone is 3. The van der Waals surface area contributed by atoms with Crippen molar-refractivity contribution in [2.75, 3.05) is 6.54 Å². The standard InChI is InChI=1S/C9H11NO/c1-6-3-2-4-7-8(6)5-10-9(7)11/h2-3,7H,4-5H2,1H3,(H,10,11). The van der Waals surface area contributed by atoms with Crippen molar-refractivity contribution in [3.05, 3.63) is 23.3 Å². The van der Waals surface area contributed by atoms with Crippen LogP contribution in [-0.2, 0) is 4.79 Å². The quantitative estimate of drug-likeness (QED) is 0.547. The van der Waals surface area contributed by atoms with Gasteiger partial charge in [-0.2, -0.15) is 0 Å². The van der Waals surface area contributed by atoms with Crippen molar-refractivity contribution < 1.29 is 4.79 Å². The second-order valence-electron chi connectivity index (χ2n) is 3.12. The van der Waals surface area contributed by atoms with Gasteiger partial charge in [-0.3, -0.25) is 4.79 Å². The van der Waals surface area contributed by atoms with Gasteiger partial charge < -0.3 is 5.32 Å². The first-order valence-electron chi connectivity index (χ1n) is 3.93. The Morgan fingerprint density at radius 3 is 3.18 bits per heavy atom. The maximum atomic E-state index is 11.2. The van der Waals surface area contributed by atoms with Crippen LogP contribution in [0, 0.1) is 5.92 Å². The number of amides is 1. The van der Waals surface area contributed by atoms with E-state index in [-0.39, 0.29) is 11.8 Å². The van der Waals surface area contributed by atoms with Gasteiger partial charge in [0.2, 0.25) is 5.91 Å². The van der Waals surface area contributed by atoms with E-state index in [2.05, 4.69) is 24.4 Å². The van der Waals surface area contributed by atoms with E-state index in [0.29, 0.717) is 0 Å². The Kier molecular flexibility index (Phi) is 1.34. The summed E-state index contributed by atoms with van der Waals surface area (Å²) in [5, 5.41) is 2.86. The van der Waals surface area contributed by atoms with Gasteiger partial charge >= 0.3 is 0 Å². The molecule has 0 aromatic rings. The smallest absolute Gasteiger partial charge is 0.227 e. The molecule has 0 radical (unpaired) electrons. The van der Waals surface area contributed by atoms with Crippen molar-refractivity contribution in [1.82, 2.24) is 5.32 Å². The van der Waals surface area contributed by atoms with Gasteiger partial charge in [0.1, 0.15) is 0 Å². The Hall–Kier alpha value is -1.05.